The second-order valence-electron chi connectivity index (χ2n) is 4.52. The monoisotopic (exact) mass is 303 g/mol. The summed E-state index contributed by atoms with van der Waals surface area (Å²) < 4.78 is 1.12. The summed E-state index contributed by atoms with van der Waals surface area (Å²) in [5.74, 6) is 0. The summed E-state index contributed by atoms with van der Waals surface area (Å²) in [6.07, 6.45) is 1.02. The fraction of sp³-hybridized carbons (Fsp3) is 0.250. The number of likely N-dealkylation sites (N-methyl/N-ethyl adjacent to an activating group) is 1. The van der Waals surface area contributed by atoms with Crippen molar-refractivity contribution in [3.8, 4) is 0 Å². The molecule has 0 aromatic heterocycles. The van der Waals surface area contributed by atoms with Gasteiger partial charge in [-0.15, -0.1) is 0 Å². The molecule has 94 valence electrons. The van der Waals surface area contributed by atoms with Gasteiger partial charge in [-0.05, 0) is 49.2 Å². The Morgan fingerprint density at radius 2 is 1.72 bits per heavy atom. The van der Waals surface area contributed by atoms with Crippen molar-refractivity contribution in [1.29, 1.82) is 0 Å². The number of halogens is 1. The van der Waals surface area contributed by atoms with Crippen LogP contribution < -0.4 is 5.32 Å². The summed E-state index contributed by atoms with van der Waals surface area (Å²) in [6, 6.07) is 17.5. The van der Waals surface area contributed by atoms with Crippen molar-refractivity contribution in [2.75, 3.05) is 7.05 Å². The van der Waals surface area contributed by atoms with Crippen LogP contribution in [0.3, 0.4) is 0 Å². The van der Waals surface area contributed by atoms with Crippen LogP contribution in [0.2, 0.25) is 0 Å². The van der Waals surface area contributed by atoms with Gasteiger partial charge in [0.25, 0.3) is 0 Å². The van der Waals surface area contributed by atoms with Crippen LogP contribution in [0.15, 0.2) is 53.0 Å². The van der Waals surface area contributed by atoms with Crippen LogP contribution >= 0.6 is 15.9 Å². The SMILES string of the molecule is CNC(Cc1ccccc1C)c1ccc(Br)cc1. The molecule has 0 aliphatic carbocycles. The topological polar surface area (TPSA) is 12.0 Å². The second-order valence-corrected chi connectivity index (χ2v) is 5.44. The molecule has 2 aromatic carbocycles. The zero-order valence-corrected chi connectivity index (χ0v) is 12.4. The number of nitrogens with one attached hydrogen (secondary N) is 1. The Hall–Kier alpha value is -1.12. The van der Waals surface area contributed by atoms with Gasteiger partial charge in [-0.25, -0.2) is 0 Å². The van der Waals surface area contributed by atoms with Crippen LogP contribution in [-0.2, 0) is 6.42 Å². The quantitative estimate of drug-likeness (QED) is 0.890. The highest BCUT2D eigenvalue weighted by atomic mass is 79.9. The van der Waals surface area contributed by atoms with E-state index in [1.165, 1.54) is 16.7 Å². The van der Waals surface area contributed by atoms with E-state index in [0.717, 1.165) is 10.9 Å². The lowest BCUT2D eigenvalue weighted by Crippen LogP contribution is -2.19. The van der Waals surface area contributed by atoms with Gasteiger partial charge >= 0.3 is 0 Å². The first-order valence-electron chi connectivity index (χ1n) is 6.18. The molecule has 0 bridgehead atoms. The van der Waals surface area contributed by atoms with Crippen molar-refractivity contribution in [1.82, 2.24) is 5.32 Å². The Balaban J connectivity index is 2.20. The molecule has 0 heterocycles. The van der Waals surface area contributed by atoms with Crippen LogP contribution in [-0.4, -0.2) is 7.05 Å². The molecule has 0 saturated carbocycles. The summed E-state index contributed by atoms with van der Waals surface area (Å²) >= 11 is 3.47. The Morgan fingerprint density at radius 1 is 1.06 bits per heavy atom. The van der Waals surface area contributed by atoms with Gasteiger partial charge in [0.2, 0.25) is 0 Å². The number of aryl methyl sites for hydroxylation is 1. The van der Waals surface area contributed by atoms with Gasteiger partial charge in [0.05, 0.1) is 0 Å². The zero-order valence-electron chi connectivity index (χ0n) is 10.8. The molecule has 18 heavy (non-hydrogen) atoms. The van der Waals surface area contributed by atoms with Gasteiger partial charge in [0.15, 0.2) is 0 Å². The van der Waals surface area contributed by atoms with Crippen LogP contribution in [0.4, 0.5) is 0 Å². The zero-order chi connectivity index (χ0) is 13.0. The molecule has 0 fully saturated rings. The molecular weight excluding hydrogens is 286 g/mol. The summed E-state index contributed by atoms with van der Waals surface area (Å²) in [5, 5.41) is 3.40. The van der Waals surface area contributed by atoms with Crippen molar-refractivity contribution >= 4 is 15.9 Å². The smallest absolute Gasteiger partial charge is 0.0358 e. The van der Waals surface area contributed by atoms with Gasteiger partial charge in [-0.2, -0.15) is 0 Å². The standard InChI is InChI=1S/C16H18BrN/c1-12-5-3-4-6-14(12)11-16(18-2)13-7-9-15(17)10-8-13/h3-10,16,18H,11H2,1-2H3. The van der Waals surface area contributed by atoms with Gasteiger partial charge in [0, 0.05) is 10.5 Å². The summed E-state index contributed by atoms with van der Waals surface area (Å²) in [6.45, 7) is 2.17. The molecule has 2 aromatic rings. The predicted octanol–water partition coefficient (Wildman–Crippen LogP) is 4.26. The Kier molecular flexibility index (Phi) is 4.56. The minimum absolute atomic E-state index is 0.360. The molecule has 0 spiro atoms. The first-order chi connectivity index (χ1) is 8.70. The maximum atomic E-state index is 3.47. The molecule has 0 amide bonds. The Bertz CT molecular complexity index is 505. The maximum absolute atomic E-state index is 3.47. The largest absolute Gasteiger partial charge is 0.313 e. The highest BCUT2D eigenvalue weighted by Crippen LogP contribution is 2.21. The average molecular weight is 304 g/mol. The molecule has 0 saturated heterocycles. The third kappa shape index (κ3) is 3.21. The minimum Gasteiger partial charge on any atom is -0.313 e. The van der Waals surface area contributed by atoms with E-state index < -0.39 is 0 Å². The van der Waals surface area contributed by atoms with Crippen molar-refractivity contribution in [3.63, 3.8) is 0 Å². The van der Waals surface area contributed by atoms with E-state index in [2.05, 4.69) is 76.7 Å². The van der Waals surface area contributed by atoms with Crippen molar-refractivity contribution in [2.45, 2.75) is 19.4 Å². The highest BCUT2D eigenvalue weighted by Gasteiger charge is 2.10. The second kappa shape index (κ2) is 6.17. The molecule has 1 N–H and O–H groups in total. The molecule has 0 radical (unpaired) electrons. The van der Waals surface area contributed by atoms with Crippen LogP contribution in [0.1, 0.15) is 22.7 Å². The average Bonchev–Trinajstić information content (AvgIpc) is 2.39. The van der Waals surface area contributed by atoms with Gasteiger partial charge < -0.3 is 5.32 Å². The predicted molar refractivity (Wildman–Crippen MR) is 80.8 cm³/mol. The molecule has 2 rings (SSSR count). The van der Waals surface area contributed by atoms with E-state index in [9.17, 15) is 0 Å². The lowest BCUT2D eigenvalue weighted by molar-refractivity contribution is 0.590. The van der Waals surface area contributed by atoms with E-state index in [1.54, 1.807) is 0 Å². The van der Waals surface area contributed by atoms with E-state index >= 15 is 0 Å². The van der Waals surface area contributed by atoms with Crippen LogP contribution in [0.5, 0.6) is 0 Å². The van der Waals surface area contributed by atoms with E-state index in [0.29, 0.717) is 6.04 Å². The normalized spacial score (nSPS) is 12.4. The number of hydrogen-bond donors (Lipinski definition) is 1. The van der Waals surface area contributed by atoms with Crippen molar-refractivity contribution < 1.29 is 0 Å². The molecular formula is C16H18BrN. The minimum atomic E-state index is 0.360. The lowest BCUT2D eigenvalue weighted by atomic mass is 9.96. The third-order valence-corrected chi connectivity index (χ3v) is 3.83. The Labute approximate surface area is 117 Å². The fourth-order valence-electron chi connectivity index (χ4n) is 2.14. The Morgan fingerprint density at radius 3 is 2.33 bits per heavy atom. The molecule has 1 atom stereocenters. The molecule has 0 aliphatic rings. The molecule has 1 unspecified atom stereocenters. The van der Waals surface area contributed by atoms with Gasteiger partial charge in [0.1, 0.15) is 0 Å². The first-order valence-corrected chi connectivity index (χ1v) is 6.97. The van der Waals surface area contributed by atoms with E-state index in [4.69, 9.17) is 0 Å². The van der Waals surface area contributed by atoms with Gasteiger partial charge in [-0.3, -0.25) is 0 Å². The fourth-order valence-corrected chi connectivity index (χ4v) is 2.41. The van der Waals surface area contributed by atoms with Crippen molar-refractivity contribution in [2.24, 2.45) is 0 Å². The maximum Gasteiger partial charge on any atom is 0.0358 e. The summed E-state index contributed by atoms with van der Waals surface area (Å²) in [5.41, 5.74) is 4.08. The number of rotatable bonds is 4. The number of hydrogen-bond acceptors (Lipinski definition) is 1. The molecule has 1 nitrogen and oxygen atoms in total. The first kappa shape index (κ1) is 13.3. The van der Waals surface area contributed by atoms with Crippen LogP contribution in [0.25, 0.3) is 0 Å². The summed E-state index contributed by atoms with van der Waals surface area (Å²) in [4.78, 5) is 0. The molecule has 2 heteroatoms. The highest BCUT2D eigenvalue weighted by molar-refractivity contribution is 9.10. The van der Waals surface area contributed by atoms with Crippen LogP contribution in [0, 0.1) is 6.92 Å². The lowest BCUT2D eigenvalue weighted by Gasteiger charge is -2.18. The molecule has 0 aliphatic heterocycles. The summed E-state index contributed by atoms with van der Waals surface area (Å²) in [7, 11) is 2.02. The van der Waals surface area contributed by atoms with E-state index in [-0.39, 0.29) is 0 Å². The van der Waals surface area contributed by atoms with Crippen molar-refractivity contribution in [3.05, 3.63) is 69.7 Å². The van der Waals surface area contributed by atoms with Gasteiger partial charge in [-0.1, -0.05) is 52.3 Å². The number of benzene rings is 2. The third-order valence-electron chi connectivity index (χ3n) is 3.31. The van der Waals surface area contributed by atoms with E-state index in [1.807, 2.05) is 7.05 Å².